The number of nitrogens with one attached hydrogen (secondary N) is 1. The van der Waals surface area contributed by atoms with Gasteiger partial charge in [-0.1, -0.05) is 43.2 Å². The molecule has 2 aromatic rings. The van der Waals surface area contributed by atoms with E-state index in [2.05, 4.69) is 20.8 Å². The maximum absolute atomic E-state index is 13.3. The van der Waals surface area contributed by atoms with Crippen LogP contribution in [0.25, 0.3) is 0 Å². The van der Waals surface area contributed by atoms with Crippen LogP contribution in [0.15, 0.2) is 29.4 Å². The van der Waals surface area contributed by atoms with Crippen LogP contribution in [0.1, 0.15) is 56.6 Å². The summed E-state index contributed by atoms with van der Waals surface area (Å²) in [5, 5.41) is 15.6. The maximum Gasteiger partial charge on any atom is 0.230 e. The number of amides is 1. The molecule has 0 saturated heterocycles. The summed E-state index contributed by atoms with van der Waals surface area (Å²) >= 11 is 1.38. The third kappa shape index (κ3) is 4.31. The van der Waals surface area contributed by atoms with Crippen LogP contribution in [-0.2, 0) is 10.2 Å². The van der Waals surface area contributed by atoms with Gasteiger partial charge in [-0.15, -0.1) is 5.10 Å². The first-order valence-electron chi connectivity index (χ1n) is 9.60. The second-order valence-corrected chi connectivity index (χ2v) is 8.49. The van der Waals surface area contributed by atoms with Gasteiger partial charge in [-0.05, 0) is 53.8 Å². The first-order chi connectivity index (χ1) is 13.2. The molecule has 6 nitrogen and oxygen atoms in total. The minimum Gasteiger partial charge on any atom is -0.354 e. The number of benzene rings is 1. The fourth-order valence-electron chi connectivity index (χ4n) is 3.88. The Bertz CT molecular complexity index is 784. The molecular formula is C19H24FN5OS. The van der Waals surface area contributed by atoms with Crippen molar-refractivity contribution >= 4 is 17.7 Å². The largest absolute Gasteiger partial charge is 0.354 e. The number of halogens is 1. The summed E-state index contributed by atoms with van der Waals surface area (Å²) in [5.74, 6) is 0.0583. The van der Waals surface area contributed by atoms with Gasteiger partial charge in [0.25, 0.3) is 0 Å². The van der Waals surface area contributed by atoms with Crippen LogP contribution in [-0.4, -0.2) is 38.4 Å². The summed E-state index contributed by atoms with van der Waals surface area (Å²) < 4.78 is 15.1. The standard InChI is InChI=1S/C19H24FN5OS/c20-15-6-4-14(5-7-15)19(10-2-1-3-11-19)13-21-17(26)12-27-18-22-23-24-25(18)16-8-9-16/h4-7,16H,1-3,8-13H2,(H,21,26). The van der Waals surface area contributed by atoms with Gasteiger partial charge in [0.2, 0.25) is 11.1 Å². The topological polar surface area (TPSA) is 72.7 Å². The van der Waals surface area contributed by atoms with Gasteiger partial charge in [0.15, 0.2) is 0 Å². The van der Waals surface area contributed by atoms with Gasteiger partial charge < -0.3 is 5.32 Å². The smallest absolute Gasteiger partial charge is 0.230 e. The van der Waals surface area contributed by atoms with Crippen molar-refractivity contribution in [3.63, 3.8) is 0 Å². The zero-order chi connectivity index (χ0) is 18.7. The van der Waals surface area contributed by atoms with E-state index in [0.29, 0.717) is 23.5 Å². The summed E-state index contributed by atoms with van der Waals surface area (Å²) in [7, 11) is 0. The highest BCUT2D eigenvalue weighted by molar-refractivity contribution is 7.99. The summed E-state index contributed by atoms with van der Waals surface area (Å²) in [6, 6.07) is 7.16. The lowest BCUT2D eigenvalue weighted by molar-refractivity contribution is -0.118. The molecule has 2 saturated carbocycles. The van der Waals surface area contributed by atoms with E-state index in [-0.39, 0.29) is 17.1 Å². The molecule has 0 bridgehead atoms. The zero-order valence-electron chi connectivity index (χ0n) is 15.2. The fraction of sp³-hybridized carbons (Fsp3) is 0.579. The number of aromatic nitrogens is 4. The van der Waals surface area contributed by atoms with E-state index < -0.39 is 0 Å². The molecule has 1 heterocycles. The minimum absolute atomic E-state index is 0.0163. The van der Waals surface area contributed by atoms with Crippen molar-refractivity contribution in [3.8, 4) is 0 Å². The third-order valence-electron chi connectivity index (χ3n) is 5.58. The quantitative estimate of drug-likeness (QED) is 0.736. The Morgan fingerprint density at radius 2 is 1.96 bits per heavy atom. The Kier molecular flexibility index (Phi) is 5.43. The van der Waals surface area contributed by atoms with Crippen LogP contribution in [0.3, 0.4) is 0 Å². The number of nitrogens with zero attached hydrogens (tertiary/aromatic N) is 4. The number of carbonyl (C=O) groups excluding carboxylic acids is 1. The predicted octanol–water partition coefficient (Wildman–Crippen LogP) is 3.26. The lowest BCUT2D eigenvalue weighted by Crippen LogP contribution is -2.42. The molecule has 27 heavy (non-hydrogen) atoms. The van der Waals surface area contributed by atoms with Gasteiger partial charge >= 0.3 is 0 Å². The first kappa shape index (κ1) is 18.4. The fourth-order valence-corrected chi connectivity index (χ4v) is 4.65. The molecule has 8 heteroatoms. The molecule has 144 valence electrons. The molecule has 2 fully saturated rings. The average molecular weight is 390 g/mol. The van der Waals surface area contributed by atoms with E-state index in [9.17, 15) is 9.18 Å². The maximum atomic E-state index is 13.3. The highest BCUT2D eigenvalue weighted by Crippen LogP contribution is 2.39. The number of carbonyl (C=O) groups is 1. The van der Waals surface area contributed by atoms with Crippen LogP contribution in [0, 0.1) is 5.82 Å². The molecule has 1 aromatic carbocycles. The molecule has 0 atom stereocenters. The van der Waals surface area contributed by atoms with Crippen molar-refractivity contribution in [3.05, 3.63) is 35.6 Å². The minimum atomic E-state index is -0.224. The van der Waals surface area contributed by atoms with Crippen molar-refractivity contribution in [2.24, 2.45) is 0 Å². The molecule has 0 aliphatic heterocycles. The van der Waals surface area contributed by atoms with Crippen LogP contribution in [0.5, 0.6) is 0 Å². The molecule has 0 unspecified atom stereocenters. The van der Waals surface area contributed by atoms with Crippen LogP contribution in [0.4, 0.5) is 4.39 Å². The van der Waals surface area contributed by atoms with Gasteiger partial charge in [-0.3, -0.25) is 4.79 Å². The van der Waals surface area contributed by atoms with Crippen molar-refractivity contribution in [1.29, 1.82) is 0 Å². The lowest BCUT2D eigenvalue weighted by Gasteiger charge is -2.38. The van der Waals surface area contributed by atoms with Crippen LogP contribution >= 0.6 is 11.8 Å². The van der Waals surface area contributed by atoms with Crippen molar-refractivity contribution in [1.82, 2.24) is 25.5 Å². The first-order valence-corrected chi connectivity index (χ1v) is 10.6. The Labute approximate surface area is 162 Å². The van der Waals surface area contributed by atoms with E-state index in [1.807, 2.05) is 16.8 Å². The van der Waals surface area contributed by atoms with Crippen molar-refractivity contribution < 1.29 is 9.18 Å². The second kappa shape index (κ2) is 7.96. The molecule has 1 amide bonds. The molecule has 0 radical (unpaired) electrons. The zero-order valence-corrected chi connectivity index (χ0v) is 16.1. The lowest BCUT2D eigenvalue weighted by atomic mass is 9.69. The van der Waals surface area contributed by atoms with Crippen LogP contribution in [0.2, 0.25) is 0 Å². The van der Waals surface area contributed by atoms with Gasteiger partial charge in [0.05, 0.1) is 11.8 Å². The Hall–Kier alpha value is -1.96. The Balaban J connectivity index is 1.36. The third-order valence-corrected chi connectivity index (χ3v) is 6.51. The molecule has 2 aliphatic rings. The van der Waals surface area contributed by atoms with E-state index in [4.69, 9.17) is 0 Å². The molecule has 1 N–H and O–H groups in total. The SMILES string of the molecule is O=C(CSc1nnnn1C1CC1)NCC1(c2ccc(F)cc2)CCCCC1. The number of hydrogen-bond donors (Lipinski definition) is 1. The molecule has 0 spiro atoms. The van der Waals surface area contributed by atoms with Crippen LogP contribution < -0.4 is 5.32 Å². The monoisotopic (exact) mass is 389 g/mol. The number of thioether (sulfide) groups is 1. The van der Waals surface area contributed by atoms with E-state index in [0.717, 1.165) is 44.1 Å². The highest BCUT2D eigenvalue weighted by atomic mass is 32.2. The van der Waals surface area contributed by atoms with Crippen molar-refractivity contribution in [2.45, 2.75) is 61.6 Å². The second-order valence-electron chi connectivity index (χ2n) is 7.55. The van der Waals surface area contributed by atoms with Gasteiger partial charge in [-0.25, -0.2) is 9.07 Å². The normalized spacial score (nSPS) is 19.0. The highest BCUT2D eigenvalue weighted by Gasteiger charge is 2.34. The van der Waals surface area contributed by atoms with E-state index in [1.54, 1.807) is 0 Å². The predicted molar refractivity (Wildman–Crippen MR) is 101 cm³/mol. The van der Waals surface area contributed by atoms with Gasteiger partial charge in [0, 0.05) is 12.0 Å². The Morgan fingerprint density at radius 1 is 1.22 bits per heavy atom. The molecule has 1 aromatic heterocycles. The van der Waals surface area contributed by atoms with E-state index in [1.165, 1.54) is 30.3 Å². The van der Waals surface area contributed by atoms with Gasteiger partial charge in [-0.2, -0.15) is 0 Å². The number of rotatable bonds is 7. The molecule has 2 aliphatic carbocycles. The average Bonchev–Trinajstić information content (AvgIpc) is 3.43. The molecule has 4 rings (SSSR count). The van der Waals surface area contributed by atoms with Gasteiger partial charge in [0.1, 0.15) is 5.82 Å². The summed E-state index contributed by atoms with van der Waals surface area (Å²) in [4.78, 5) is 12.4. The summed E-state index contributed by atoms with van der Waals surface area (Å²) in [6.45, 7) is 0.589. The van der Waals surface area contributed by atoms with E-state index >= 15 is 0 Å². The summed E-state index contributed by atoms with van der Waals surface area (Å²) in [5.41, 5.74) is 1.02. The summed E-state index contributed by atoms with van der Waals surface area (Å²) in [6.07, 6.45) is 7.74. The molecular weight excluding hydrogens is 365 g/mol. The number of tetrazole rings is 1. The Morgan fingerprint density at radius 3 is 2.67 bits per heavy atom. The number of hydrogen-bond acceptors (Lipinski definition) is 5. The van der Waals surface area contributed by atoms with Crippen molar-refractivity contribution in [2.75, 3.05) is 12.3 Å².